The smallest absolute Gasteiger partial charge is 0.358 e. The number of likely N-dealkylation sites (N-methyl/N-ethyl adjacent to an activating group) is 1. The number of rotatable bonds is 12. The third kappa shape index (κ3) is 15.5. The SMILES string of the molecule is CO/C(C)=C1/NC(=O)[C@H]([C@@H](C)O)NC(=O)c2csc(n2)-c2cc(O)c(-c3nc(C(=O)NCCNC(=O)CN4CCOCC4)cs3)nc2-c2csc(n2)[C@@H]2COC(=O)c3c4c5c(cccc5n3O)COC(=O)[C@@H](O[C@H]3C[C@](C)(O)[C@H](N(C)C)[C@H](C)O3)[C@@H](OC4)[C@H](NC(=O)c3csc1n3)c1nc(cs1)C(=O)N2. The zero-order chi connectivity index (χ0) is 74.3. The number of esters is 2. The summed E-state index contributed by atoms with van der Waals surface area (Å²) < 4.78 is 43.7. The van der Waals surface area contributed by atoms with Gasteiger partial charge in [0.05, 0.1) is 62.8 Å². The van der Waals surface area contributed by atoms with Gasteiger partial charge in [-0.2, -0.15) is 4.73 Å². The van der Waals surface area contributed by atoms with Crippen molar-refractivity contribution in [3.63, 3.8) is 0 Å². The first-order valence-electron chi connectivity index (χ1n) is 32.9. The second kappa shape index (κ2) is 31.0. The van der Waals surface area contributed by atoms with E-state index in [1.807, 2.05) is 4.90 Å². The number of aliphatic hydroxyl groups is 2. The quantitative estimate of drug-likeness (QED) is 0.0363. The lowest BCUT2D eigenvalue weighted by Gasteiger charge is -2.48. The number of carbonyl (C=O) groups excluding carboxylic acids is 8. The number of methoxy groups -OCH3 is 1. The van der Waals surface area contributed by atoms with E-state index in [9.17, 15) is 39.7 Å². The molecule has 0 spiro atoms. The van der Waals surface area contributed by atoms with Crippen LogP contribution >= 0.6 is 56.7 Å². The molecular weight excluding hydrogens is 1470 g/mol. The molecule has 1 aromatic carbocycles. The summed E-state index contributed by atoms with van der Waals surface area (Å²) in [4.78, 5) is 148. The van der Waals surface area contributed by atoms with Crippen LogP contribution in [-0.4, -0.2) is 234 Å². The van der Waals surface area contributed by atoms with Crippen LogP contribution in [0.3, 0.4) is 0 Å². The maximum Gasteiger partial charge on any atom is 0.358 e. The maximum absolute atomic E-state index is 15.2. The van der Waals surface area contributed by atoms with Gasteiger partial charge in [-0.05, 0) is 59.5 Å². The van der Waals surface area contributed by atoms with Gasteiger partial charge in [-0.1, -0.05) is 12.1 Å². The Labute approximate surface area is 617 Å². The van der Waals surface area contributed by atoms with Crippen molar-refractivity contribution >= 4 is 121 Å². The van der Waals surface area contributed by atoms with Crippen molar-refractivity contribution in [1.82, 2.24) is 76.3 Å². The molecule has 2 fully saturated rings. The number of aromatic nitrogens is 7. The molecule has 10 atom stereocenters. The Kier molecular flexibility index (Phi) is 21.8. The van der Waals surface area contributed by atoms with Gasteiger partial charge in [0.15, 0.2) is 18.1 Å². The zero-order valence-corrected chi connectivity index (χ0v) is 61.2. The largest absolute Gasteiger partial charge is 0.506 e. The lowest BCUT2D eigenvalue weighted by molar-refractivity contribution is -0.280. The van der Waals surface area contributed by atoms with Gasteiger partial charge in [0, 0.05) is 76.0 Å². The van der Waals surface area contributed by atoms with Gasteiger partial charge in [-0.15, -0.1) is 56.7 Å². The average Bonchev–Trinajstić information content (AvgIpc) is 1.58. The lowest BCUT2D eigenvalue weighted by Crippen LogP contribution is -2.62. The van der Waals surface area contributed by atoms with Gasteiger partial charge in [-0.3, -0.25) is 33.7 Å². The van der Waals surface area contributed by atoms with E-state index in [2.05, 4.69) is 46.9 Å². The number of carbonyl (C=O) groups is 8. The number of hydrogen-bond acceptors (Lipinski definition) is 32. The van der Waals surface area contributed by atoms with E-state index in [-0.39, 0.29) is 130 Å². The van der Waals surface area contributed by atoms with Gasteiger partial charge in [-0.25, -0.2) is 39.5 Å². The number of pyridine rings is 1. The molecule has 0 radical (unpaired) electrons. The molecule has 2 saturated heterocycles. The molecule has 12 bridgehead atoms. The number of allylic oxidation sites excluding steroid dienone is 1. The van der Waals surface area contributed by atoms with Crippen LogP contribution in [0, 0.1) is 0 Å². The fraction of sp³-hybridized carbons (Fsp3) is 0.424. The number of cyclic esters (lactones) is 2. The lowest BCUT2D eigenvalue weighted by atomic mass is 9.85. The highest BCUT2D eigenvalue weighted by atomic mass is 32.1. The molecule has 0 aliphatic carbocycles. The topological polar surface area (TPSA) is 443 Å². The van der Waals surface area contributed by atoms with Crippen LogP contribution in [0.4, 0.5) is 0 Å². The molecule has 0 unspecified atom stereocenters. The maximum atomic E-state index is 15.2. The van der Waals surface area contributed by atoms with Gasteiger partial charge >= 0.3 is 11.9 Å². The fourth-order valence-corrected chi connectivity index (χ4v) is 17.1. The van der Waals surface area contributed by atoms with Crippen molar-refractivity contribution < 1.29 is 92.0 Å². The molecule has 0 saturated carbocycles. The minimum absolute atomic E-state index is 0.00812. The number of hydrogen-bond donors (Lipinski definition) is 10. The minimum atomic E-state index is -1.92. The summed E-state index contributed by atoms with van der Waals surface area (Å²) in [6, 6.07) is 0.728. The number of morpholine rings is 1. The van der Waals surface area contributed by atoms with Crippen molar-refractivity contribution in [2.75, 3.05) is 73.7 Å². The number of amides is 6. The van der Waals surface area contributed by atoms with Gasteiger partial charge in [0.25, 0.3) is 23.6 Å². The highest BCUT2D eigenvalue weighted by Gasteiger charge is 2.50. The Morgan fingerprint density at radius 3 is 2.24 bits per heavy atom. The fourth-order valence-electron chi connectivity index (χ4n) is 13.0. The average molecular weight is 1540 g/mol. The van der Waals surface area contributed by atoms with Crippen molar-refractivity contribution in [2.45, 2.75) is 108 Å². The van der Waals surface area contributed by atoms with Crippen molar-refractivity contribution in [3.8, 4) is 38.4 Å². The Balaban J connectivity index is 0.931. The number of ether oxygens (including phenoxy) is 7. The number of aromatic hydroxyl groups is 1. The molecule has 105 heavy (non-hydrogen) atoms. The molecule has 34 nitrogen and oxygen atoms in total. The standard InChI is InChI=1S/C66H71N15O19S5/c1-28(82)45-58(89)77-46(29(2)94-7)61-73-39(27-103-61)57(88)78-49-51-52(100-43-18-66(4,92)53(79(5)6)30(3)99-43)65(91)97-20-31-9-8-10-40-44(31)33(21-96-51)50(81(40)93)64(90)98-22-34(69-55(86)37-26-105-63(49)74-37)60-70-35(23-102-60)47-32(59-71-38(25-101-59)56(87)76-45)17-41(83)48(75-47)62-72-36(24-104-62)54(85)68-12-11-67-42(84)19-80-13-15-95-16-14-80/h8-10,17,23-28,30,34,43,45,49,51-53,82-83,92-93H,11-16,18-22H2,1-7H3,(H,67,84)(H,68,85)(H,69,86)(H,76,87)(H,77,89)(H,78,88)/b46-29+/t28-,30+,34+,43+,45+,49+,51+,52+,53-,66+/m1/s1. The Morgan fingerprint density at radius 1 is 0.819 bits per heavy atom. The molecule has 13 rings (SSSR count). The van der Waals surface area contributed by atoms with Gasteiger partial charge < -0.3 is 90.5 Å². The van der Waals surface area contributed by atoms with Crippen LogP contribution in [0.5, 0.6) is 5.75 Å². The van der Waals surface area contributed by atoms with Crippen LogP contribution in [0.1, 0.15) is 125 Å². The van der Waals surface area contributed by atoms with Crippen LogP contribution in [0.15, 0.2) is 56.9 Å². The van der Waals surface area contributed by atoms with E-state index < -0.39 is 133 Å². The Morgan fingerprint density at radius 2 is 1.50 bits per heavy atom. The second-order valence-electron chi connectivity index (χ2n) is 25.5. The summed E-state index contributed by atoms with van der Waals surface area (Å²) in [7, 11) is 4.85. The number of nitrogens with zero attached hydrogens (tertiary/aromatic N) is 9. The van der Waals surface area contributed by atoms with Gasteiger partial charge in [0.1, 0.15) is 120 Å². The van der Waals surface area contributed by atoms with Crippen LogP contribution in [0.25, 0.3) is 49.3 Å². The van der Waals surface area contributed by atoms with Crippen molar-refractivity contribution in [1.29, 1.82) is 0 Å². The summed E-state index contributed by atoms with van der Waals surface area (Å²) in [6.07, 6.45) is -7.54. The highest BCUT2D eigenvalue weighted by molar-refractivity contribution is 7.14. The summed E-state index contributed by atoms with van der Waals surface area (Å²) in [5, 5.41) is 71.4. The van der Waals surface area contributed by atoms with Gasteiger partial charge in [0.2, 0.25) is 11.8 Å². The molecule has 5 aliphatic heterocycles. The van der Waals surface area contributed by atoms with Crippen LogP contribution in [0.2, 0.25) is 0 Å². The molecular formula is C66H71N15O19S5. The van der Waals surface area contributed by atoms with Crippen LogP contribution in [-0.2, 0) is 60.8 Å². The van der Waals surface area contributed by atoms with E-state index in [1.165, 1.54) is 54.6 Å². The summed E-state index contributed by atoms with van der Waals surface area (Å²) >= 11 is 4.61. The number of nitrogens with one attached hydrogen (secondary N) is 6. The summed E-state index contributed by atoms with van der Waals surface area (Å²) in [5.41, 5.74) is -2.47. The summed E-state index contributed by atoms with van der Waals surface area (Å²) in [6.45, 7) is 6.93. The van der Waals surface area contributed by atoms with E-state index in [4.69, 9.17) is 48.1 Å². The monoisotopic (exact) mass is 1540 g/mol. The predicted octanol–water partition coefficient (Wildman–Crippen LogP) is 3.34. The summed E-state index contributed by atoms with van der Waals surface area (Å²) in [5.74, 6) is -7.12. The number of benzene rings is 1. The Bertz CT molecular complexity index is 4730. The molecule has 10 N–H and O–H groups in total. The van der Waals surface area contributed by atoms with Crippen molar-refractivity contribution in [2.24, 2.45) is 0 Å². The van der Waals surface area contributed by atoms with E-state index in [0.29, 0.717) is 36.6 Å². The van der Waals surface area contributed by atoms with E-state index in [1.54, 1.807) is 50.4 Å². The number of aliphatic hydroxyl groups excluding tert-OH is 1. The predicted molar refractivity (Wildman–Crippen MR) is 377 cm³/mol. The Hall–Kier alpha value is -9.36. The molecule has 12 heterocycles. The third-order valence-electron chi connectivity index (χ3n) is 18.0. The first-order chi connectivity index (χ1) is 50.3. The number of fused-ring (bicyclic) bond motifs is 15. The van der Waals surface area contributed by atoms with Crippen molar-refractivity contribution in [3.05, 3.63) is 112 Å². The molecule has 6 amide bonds. The first kappa shape index (κ1) is 73.9. The first-order valence-corrected chi connectivity index (χ1v) is 37.3. The second-order valence-corrected chi connectivity index (χ2v) is 29.9. The van der Waals surface area contributed by atoms with Crippen LogP contribution < -0.4 is 31.9 Å². The van der Waals surface area contributed by atoms with E-state index >= 15 is 19.2 Å². The zero-order valence-electron chi connectivity index (χ0n) is 57.1. The molecule has 5 aliphatic rings. The third-order valence-corrected chi connectivity index (χ3v) is 22.4. The number of thiazole rings is 5. The normalized spacial score (nSPS) is 24.3. The molecule has 8 aromatic rings. The highest BCUT2D eigenvalue weighted by Crippen LogP contribution is 2.43. The minimum Gasteiger partial charge on any atom is -0.506 e. The molecule has 554 valence electrons. The molecule has 39 heteroatoms. The van der Waals surface area contributed by atoms with E-state index in [0.717, 1.165) is 56.7 Å². The molecule has 7 aromatic heterocycles.